The number of rotatable bonds is 7. The minimum Gasteiger partial charge on any atom is -0.300 e. The third-order valence-electron chi connectivity index (χ3n) is 1.67. The molecule has 0 amide bonds. The molecule has 0 bridgehead atoms. The Kier molecular flexibility index (Phi) is 7.56. The first-order valence-corrected chi connectivity index (χ1v) is 5.59. The predicted octanol–water partition coefficient (Wildman–Crippen LogP) is 2.97. The van der Waals surface area contributed by atoms with Crippen LogP contribution in [0, 0.1) is 0 Å². The van der Waals surface area contributed by atoms with E-state index in [0.717, 1.165) is 25.1 Å². The highest BCUT2D eigenvalue weighted by molar-refractivity contribution is 14.1. The van der Waals surface area contributed by atoms with E-state index in [1.807, 2.05) is 0 Å². The van der Waals surface area contributed by atoms with Crippen molar-refractivity contribution >= 4 is 28.6 Å². The molecule has 0 N–H and O–H groups in total. The average Bonchev–Trinajstić information content (AvgIpc) is 2.00. The molecular formula is C10H18INO. The molecule has 0 rings (SSSR count). The van der Waals surface area contributed by atoms with Crippen LogP contribution in [0.15, 0.2) is 12.2 Å². The number of ketones is 1. The van der Waals surface area contributed by atoms with Crippen LogP contribution in [0.25, 0.3) is 0 Å². The van der Waals surface area contributed by atoms with Gasteiger partial charge in [0, 0.05) is 42.4 Å². The summed E-state index contributed by atoms with van der Waals surface area (Å²) in [5.74, 6) is 0.209. The summed E-state index contributed by atoms with van der Waals surface area (Å²) >= 11 is 2.32. The van der Waals surface area contributed by atoms with Crippen LogP contribution in [0.5, 0.6) is 0 Å². The van der Waals surface area contributed by atoms with Gasteiger partial charge >= 0.3 is 0 Å². The van der Waals surface area contributed by atoms with E-state index in [4.69, 9.17) is 0 Å². The number of hydrogen-bond donors (Lipinski definition) is 0. The summed E-state index contributed by atoms with van der Waals surface area (Å²) in [7, 11) is 0. The van der Waals surface area contributed by atoms with Crippen molar-refractivity contribution in [1.82, 2.24) is 3.11 Å². The summed E-state index contributed by atoms with van der Waals surface area (Å²) in [6, 6.07) is 0. The van der Waals surface area contributed by atoms with E-state index in [1.165, 1.54) is 6.42 Å². The Bertz CT molecular complexity index is 180. The summed E-state index contributed by atoms with van der Waals surface area (Å²) < 4.78 is 2.24. The van der Waals surface area contributed by atoms with Gasteiger partial charge in [-0.15, -0.1) is 0 Å². The van der Waals surface area contributed by atoms with Gasteiger partial charge in [-0.2, -0.15) is 0 Å². The van der Waals surface area contributed by atoms with Gasteiger partial charge in [0.1, 0.15) is 5.78 Å². The lowest BCUT2D eigenvalue weighted by Gasteiger charge is -2.13. The minimum absolute atomic E-state index is 0.209. The molecule has 0 saturated carbocycles. The molecule has 0 fully saturated rings. The maximum atomic E-state index is 10.7. The van der Waals surface area contributed by atoms with Crippen LogP contribution in [0.1, 0.15) is 33.1 Å². The molecule has 3 heteroatoms. The van der Waals surface area contributed by atoms with E-state index in [9.17, 15) is 4.79 Å². The Morgan fingerprint density at radius 3 is 2.54 bits per heavy atom. The molecule has 0 unspecified atom stereocenters. The van der Waals surface area contributed by atoms with E-state index < -0.39 is 0 Å². The van der Waals surface area contributed by atoms with Gasteiger partial charge in [0.2, 0.25) is 0 Å². The van der Waals surface area contributed by atoms with Crippen molar-refractivity contribution in [2.45, 2.75) is 33.1 Å². The van der Waals surface area contributed by atoms with Gasteiger partial charge in [-0.05, 0) is 19.8 Å². The smallest absolute Gasteiger partial charge is 0.133 e. The van der Waals surface area contributed by atoms with Gasteiger partial charge in [-0.1, -0.05) is 19.1 Å². The standard InChI is InChI=1S/C10H18INO/c1-4-6-12(11)7-5-9(2)8-10(3)13/h2,4-8H2,1,3H3. The molecule has 0 heterocycles. The zero-order chi connectivity index (χ0) is 10.3. The summed E-state index contributed by atoms with van der Waals surface area (Å²) in [6.07, 6.45) is 2.64. The van der Waals surface area contributed by atoms with Crippen molar-refractivity contribution < 1.29 is 4.79 Å². The predicted molar refractivity (Wildman–Crippen MR) is 64.9 cm³/mol. The van der Waals surface area contributed by atoms with E-state index in [2.05, 4.69) is 39.5 Å². The Labute approximate surface area is 94.9 Å². The fourth-order valence-corrected chi connectivity index (χ4v) is 1.80. The molecule has 13 heavy (non-hydrogen) atoms. The average molecular weight is 295 g/mol. The van der Waals surface area contributed by atoms with Gasteiger partial charge in [0.25, 0.3) is 0 Å². The monoisotopic (exact) mass is 295 g/mol. The van der Waals surface area contributed by atoms with Crippen LogP contribution in [0.4, 0.5) is 0 Å². The van der Waals surface area contributed by atoms with Gasteiger partial charge in [0.15, 0.2) is 0 Å². The molecule has 76 valence electrons. The fourth-order valence-electron chi connectivity index (χ4n) is 1.07. The van der Waals surface area contributed by atoms with Crippen LogP contribution >= 0.6 is 22.9 Å². The second kappa shape index (κ2) is 7.50. The summed E-state index contributed by atoms with van der Waals surface area (Å²) in [5, 5.41) is 0. The lowest BCUT2D eigenvalue weighted by Crippen LogP contribution is -2.14. The van der Waals surface area contributed by atoms with Crippen LogP contribution in [-0.2, 0) is 4.79 Å². The van der Waals surface area contributed by atoms with Crippen LogP contribution in [0.2, 0.25) is 0 Å². The van der Waals surface area contributed by atoms with E-state index >= 15 is 0 Å². The second-order valence-electron chi connectivity index (χ2n) is 3.29. The molecule has 0 aromatic carbocycles. The molecular weight excluding hydrogens is 277 g/mol. The van der Waals surface area contributed by atoms with Crippen molar-refractivity contribution in [3.8, 4) is 0 Å². The Balaban J connectivity index is 3.51. The number of hydrogen-bond acceptors (Lipinski definition) is 2. The Hall–Kier alpha value is 0.100. The Morgan fingerprint density at radius 2 is 2.08 bits per heavy atom. The van der Waals surface area contributed by atoms with Crippen molar-refractivity contribution in [2.24, 2.45) is 0 Å². The van der Waals surface area contributed by atoms with E-state index in [1.54, 1.807) is 6.92 Å². The third-order valence-corrected chi connectivity index (χ3v) is 2.64. The summed E-state index contributed by atoms with van der Waals surface area (Å²) in [5.41, 5.74) is 1.05. The normalized spacial score (nSPS) is 10.5. The lowest BCUT2D eigenvalue weighted by atomic mass is 10.1. The molecule has 0 saturated heterocycles. The van der Waals surface area contributed by atoms with Gasteiger partial charge in [-0.25, -0.2) is 3.11 Å². The first kappa shape index (κ1) is 13.1. The highest BCUT2D eigenvalue weighted by Gasteiger charge is 2.02. The van der Waals surface area contributed by atoms with Crippen molar-refractivity contribution in [3.63, 3.8) is 0 Å². The second-order valence-corrected chi connectivity index (χ2v) is 4.65. The van der Waals surface area contributed by atoms with Crippen LogP contribution < -0.4 is 0 Å². The van der Waals surface area contributed by atoms with Gasteiger partial charge < -0.3 is 0 Å². The number of Topliss-reactive ketones (excluding diaryl/α,β-unsaturated/α-hetero) is 1. The molecule has 0 aromatic heterocycles. The van der Waals surface area contributed by atoms with Crippen molar-refractivity contribution in [2.75, 3.05) is 13.1 Å². The first-order chi connectivity index (χ1) is 6.06. The maximum Gasteiger partial charge on any atom is 0.133 e. The molecule has 0 aliphatic heterocycles. The third kappa shape index (κ3) is 8.43. The van der Waals surface area contributed by atoms with Gasteiger partial charge in [-0.3, -0.25) is 4.79 Å². The zero-order valence-corrected chi connectivity index (χ0v) is 10.6. The number of carbonyl (C=O) groups excluding carboxylic acids is 1. The molecule has 0 aliphatic rings. The molecule has 2 nitrogen and oxygen atoms in total. The van der Waals surface area contributed by atoms with Crippen molar-refractivity contribution in [1.29, 1.82) is 0 Å². The van der Waals surface area contributed by atoms with E-state index in [0.29, 0.717) is 6.42 Å². The number of nitrogens with zero attached hydrogens (tertiary/aromatic N) is 1. The molecule has 0 radical (unpaired) electrons. The highest BCUT2D eigenvalue weighted by Crippen LogP contribution is 2.09. The minimum atomic E-state index is 0.209. The fraction of sp³-hybridized carbons (Fsp3) is 0.700. The summed E-state index contributed by atoms with van der Waals surface area (Å²) in [6.45, 7) is 9.75. The molecule has 0 atom stereocenters. The number of carbonyl (C=O) groups is 1. The zero-order valence-electron chi connectivity index (χ0n) is 8.48. The summed E-state index contributed by atoms with van der Waals surface area (Å²) in [4.78, 5) is 10.7. The topological polar surface area (TPSA) is 20.3 Å². The Morgan fingerprint density at radius 1 is 1.46 bits per heavy atom. The van der Waals surface area contributed by atoms with Crippen LogP contribution in [-0.4, -0.2) is 22.0 Å². The van der Waals surface area contributed by atoms with Crippen LogP contribution in [0.3, 0.4) is 0 Å². The highest BCUT2D eigenvalue weighted by atomic mass is 127. The molecule has 0 aliphatic carbocycles. The SMILES string of the molecule is C=C(CCN(I)CCC)CC(C)=O. The lowest BCUT2D eigenvalue weighted by molar-refractivity contribution is -0.116. The first-order valence-electron chi connectivity index (χ1n) is 4.63. The quantitative estimate of drug-likeness (QED) is 0.409. The van der Waals surface area contributed by atoms with Crippen molar-refractivity contribution in [3.05, 3.63) is 12.2 Å². The van der Waals surface area contributed by atoms with E-state index in [-0.39, 0.29) is 5.78 Å². The largest absolute Gasteiger partial charge is 0.300 e. The van der Waals surface area contributed by atoms with Gasteiger partial charge in [0.05, 0.1) is 0 Å². The molecule has 0 aromatic rings. The number of halogens is 1. The maximum absolute atomic E-state index is 10.7. The molecule has 0 spiro atoms.